The van der Waals surface area contributed by atoms with Crippen molar-refractivity contribution in [1.82, 2.24) is 4.98 Å². The third-order valence-electron chi connectivity index (χ3n) is 2.77. The van der Waals surface area contributed by atoms with Gasteiger partial charge in [0.15, 0.2) is 0 Å². The SMILES string of the molecule is O=S1(=O)N=C(Cc2cccnc2)Nc2ccccc21. The maximum Gasteiger partial charge on any atom is 0.286 e. The van der Waals surface area contributed by atoms with Crippen molar-refractivity contribution in [1.29, 1.82) is 0 Å². The van der Waals surface area contributed by atoms with Crippen LogP contribution < -0.4 is 5.32 Å². The Morgan fingerprint density at radius 1 is 1.11 bits per heavy atom. The molecule has 1 aromatic carbocycles. The van der Waals surface area contributed by atoms with Gasteiger partial charge in [-0.1, -0.05) is 18.2 Å². The molecule has 3 rings (SSSR count). The molecule has 0 bridgehead atoms. The van der Waals surface area contributed by atoms with E-state index in [0.717, 1.165) is 5.56 Å². The number of nitrogens with one attached hydrogen (secondary N) is 1. The Morgan fingerprint density at radius 3 is 2.74 bits per heavy atom. The lowest BCUT2D eigenvalue weighted by Gasteiger charge is -2.17. The van der Waals surface area contributed by atoms with E-state index in [0.29, 0.717) is 17.9 Å². The molecule has 1 aromatic heterocycles. The van der Waals surface area contributed by atoms with Crippen LogP contribution in [0.4, 0.5) is 5.69 Å². The van der Waals surface area contributed by atoms with Gasteiger partial charge in [-0.05, 0) is 23.8 Å². The molecule has 0 atom stereocenters. The molecule has 0 fully saturated rings. The first-order chi connectivity index (χ1) is 9.15. The first-order valence-electron chi connectivity index (χ1n) is 5.74. The molecule has 0 saturated heterocycles. The smallest absolute Gasteiger partial charge is 0.286 e. The molecule has 0 aliphatic carbocycles. The molecule has 0 unspecified atom stereocenters. The second-order valence-corrected chi connectivity index (χ2v) is 5.74. The van der Waals surface area contributed by atoms with E-state index in [1.807, 2.05) is 6.07 Å². The van der Waals surface area contributed by atoms with Gasteiger partial charge in [0.05, 0.1) is 5.69 Å². The third kappa shape index (κ3) is 2.34. The minimum absolute atomic E-state index is 0.213. The predicted molar refractivity (Wildman–Crippen MR) is 72.6 cm³/mol. The topological polar surface area (TPSA) is 71.4 Å². The number of benzene rings is 1. The van der Waals surface area contributed by atoms with E-state index in [9.17, 15) is 8.42 Å². The van der Waals surface area contributed by atoms with Crippen molar-refractivity contribution in [2.24, 2.45) is 4.40 Å². The molecule has 5 nitrogen and oxygen atoms in total. The summed E-state index contributed by atoms with van der Waals surface area (Å²) in [5.74, 6) is 0.409. The standard InChI is InChI=1S/C13H11N3O2S/c17-19(18)12-6-2-1-5-11(12)15-13(16-19)8-10-4-3-7-14-9-10/h1-7,9H,8H2,(H,15,16). The van der Waals surface area contributed by atoms with Gasteiger partial charge in [0.25, 0.3) is 10.0 Å². The number of fused-ring (bicyclic) bond motifs is 1. The van der Waals surface area contributed by atoms with Crippen molar-refractivity contribution < 1.29 is 8.42 Å². The number of anilines is 1. The number of nitrogens with zero attached hydrogens (tertiary/aromatic N) is 2. The summed E-state index contributed by atoms with van der Waals surface area (Å²) in [4.78, 5) is 4.21. The number of amidine groups is 1. The normalized spacial score (nSPS) is 16.1. The number of pyridine rings is 1. The second kappa shape index (κ2) is 4.47. The predicted octanol–water partition coefficient (Wildman–Crippen LogP) is 1.84. The van der Waals surface area contributed by atoms with Crippen molar-refractivity contribution >= 4 is 21.5 Å². The van der Waals surface area contributed by atoms with Gasteiger partial charge >= 0.3 is 0 Å². The van der Waals surface area contributed by atoms with E-state index in [1.54, 1.807) is 42.7 Å². The molecule has 1 N–H and O–H groups in total. The molecule has 96 valence electrons. The van der Waals surface area contributed by atoms with Gasteiger partial charge in [-0.15, -0.1) is 4.40 Å². The first kappa shape index (κ1) is 11.9. The van der Waals surface area contributed by atoms with Crippen LogP contribution in [-0.4, -0.2) is 19.2 Å². The summed E-state index contributed by atoms with van der Waals surface area (Å²) in [6.45, 7) is 0. The maximum atomic E-state index is 12.0. The molecule has 0 amide bonds. The molecule has 1 aliphatic rings. The van der Waals surface area contributed by atoms with E-state index >= 15 is 0 Å². The lowest BCUT2D eigenvalue weighted by atomic mass is 10.2. The molecule has 2 aromatic rings. The van der Waals surface area contributed by atoms with E-state index in [1.165, 1.54) is 0 Å². The summed E-state index contributed by atoms with van der Waals surface area (Å²) < 4.78 is 27.9. The third-order valence-corrected chi connectivity index (χ3v) is 4.14. The fourth-order valence-corrected chi connectivity index (χ4v) is 3.09. The second-order valence-electron chi connectivity index (χ2n) is 4.17. The van der Waals surface area contributed by atoms with Gasteiger partial charge in [-0.2, -0.15) is 8.42 Å². The molecule has 0 saturated carbocycles. The van der Waals surface area contributed by atoms with Gasteiger partial charge in [0.2, 0.25) is 0 Å². The van der Waals surface area contributed by atoms with E-state index in [2.05, 4.69) is 14.7 Å². The quantitative estimate of drug-likeness (QED) is 0.906. The van der Waals surface area contributed by atoms with E-state index in [4.69, 9.17) is 0 Å². The fraction of sp³-hybridized carbons (Fsp3) is 0.0769. The minimum Gasteiger partial charge on any atom is -0.342 e. The van der Waals surface area contributed by atoms with Gasteiger partial charge in [-0.25, -0.2) is 0 Å². The molecule has 1 aliphatic heterocycles. The number of hydrogen-bond donors (Lipinski definition) is 1. The van der Waals surface area contributed by atoms with Crippen LogP contribution >= 0.6 is 0 Å². The zero-order valence-electron chi connectivity index (χ0n) is 9.95. The van der Waals surface area contributed by atoms with Crippen molar-refractivity contribution in [2.75, 3.05) is 5.32 Å². The summed E-state index contributed by atoms with van der Waals surface area (Å²) in [5.41, 5.74) is 1.47. The highest BCUT2D eigenvalue weighted by atomic mass is 32.2. The Labute approximate surface area is 111 Å². The van der Waals surface area contributed by atoms with Crippen LogP contribution in [-0.2, 0) is 16.4 Å². The Morgan fingerprint density at radius 2 is 1.95 bits per heavy atom. The average Bonchev–Trinajstić information content (AvgIpc) is 2.39. The molecule has 0 radical (unpaired) electrons. The maximum absolute atomic E-state index is 12.0. The highest BCUT2D eigenvalue weighted by Crippen LogP contribution is 2.27. The van der Waals surface area contributed by atoms with Gasteiger partial charge in [0.1, 0.15) is 10.7 Å². The molecule has 2 heterocycles. The summed E-state index contributed by atoms with van der Waals surface area (Å²) >= 11 is 0. The van der Waals surface area contributed by atoms with Crippen LogP contribution in [0.15, 0.2) is 58.1 Å². The molecule has 19 heavy (non-hydrogen) atoms. The zero-order chi connectivity index (χ0) is 13.3. The lowest BCUT2D eigenvalue weighted by molar-refractivity contribution is 0.597. The van der Waals surface area contributed by atoms with Crippen molar-refractivity contribution in [2.45, 2.75) is 11.3 Å². The number of hydrogen-bond acceptors (Lipinski definition) is 4. The van der Waals surface area contributed by atoms with Crippen LogP contribution in [0.2, 0.25) is 0 Å². The zero-order valence-corrected chi connectivity index (χ0v) is 10.8. The van der Waals surface area contributed by atoms with E-state index < -0.39 is 10.0 Å². The van der Waals surface area contributed by atoms with Gasteiger partial charge < -0.3 is 5.32 Å². The molecule has 0 spiro atoms. The Balaban J connectivity index is 1.97. The summed E-state index contributed by atoms with van der Waals surface area (Å²) in [7, 11) is -3.61. The minimum atomic E-state index is -3.61. The summed E-state index contributed by atoms with van der Waals surface area (Å²) in [6.07, 6.45) is 3.77. The number of sulfonamides is 1. The average molecular weight is 273 g/mol. The van der Waals surface area contributed by atoms with Gasteiger partial charge in [0, 0.05) is 18.8 Å². The Hall–Kier alpha value is -2.21. The van der Waals surface area contributed by atoms with Crippen molar-refractivity contribution in [3.8, 4) is 0 Å². The highest BCUT2D eigenvalue weighted by molar-refractivity contribution is 7.90. The van der Waals surface area contributed by atoms with Crippen molar-refractivity contribution in [3.63, 3.8) is 0 Å². The molecular formula is C13H11N3O2S. The van der Waals surface area contributed by atoms with Crippen LogP contribution in [0.3, 0.4) is 0 Å². The summed E-state index contributed by atoms with van der Waals surface area (Å²) in [5, 5.41) is 3.04. The lowest BCUT2D eigenvalue weighted by Crippen LogP contribution is -2.23. The molecular weight excluding hydrogens is 262 g/mol. The van der Waals surface area contributed by atoms with Crippen LogP contribution in [0.1, 0.15) is 5.56 Å². The number of aromatic nitrogens is 1. The van der Waals surface area contributed by atoms with Crippen LogP contribution in [0.25, 0.3) is 0 Å². The van der Waals surface area contributed by atoms with Crippen LogP contribution in [0, 0.1) is 0 Å². The number of para-hydroxylation sites is 1. The van der Waals surface area contributed by atoms with Gasteiger partial charge in [-0.3, -0.25) is 4.98 Å². The number of rotatable bonds is 2. The Bertz CT molecular complexity index is 739. The first-order valence-corrected chi connectivity index (χ1v) is 7.18. The van der Waals surface area contributed by atoms with Crippen molar-refractivity contribution in [3.05, 3.63) is 54.4 Å². The van der Waals surface area contributed by atoms with Crippen LogP contribution in [0.5, 0.6) is 0 Å². The fourth-order valence-electron chi connectivity index (χ4n) is 1.94. The Kier molecular flexibility index (Phi) is 2.79. The highest BCUT2D eigenvalue weighted by Gasteiger charge is 2.24. The molecule has 6 heteroatoms. The summed E-state index contributed by atoms with van der Waals surface area (Å²) in [6, 6.07) is 10.4. The monoisotopic (exact) mass is 273 g/mol. The largest absolute Gasteiger partial charge is 0.342 e. The van der Waals surface area contributed by atoms with E-state index in [-0.39, 0.29) is 4.90 Å².